The van der Waals surface area contributed by atoms with Crippen molar-refractivity contribution >= 4 is 23.4 Å². The molecule has 6 heteroatoms. The van der Waals surface area contributed by atoms with Crippen molar-refractivity contribution in [3.63, 3.8) is 0 Å². The molecule has 1 atom stereocenters. The summed E-state index contributed by atoms with van der Waals surface area (Å²) in [5, 5.41) is 1.89. The van der Waals surface area contributed by atoms with Crippen molar-refractivity contribution in [1.82, 2.24) is 5.01 Å². The first-order valence-corrected chi connectivity index (χ1v) is 7.70. The van der Waals surface area contributed by atoms with Crippen LogP contribution in [0.3, 0.4) is 0 Å². The molecular formula is C17H17ClN2O3. The maximum atomic E-state index is 12.5. The molecule has 1 aliphatic heterocycles. The lowest BCUT2D eigenvalue weighted by atomic mass is 10.0. The van der Waals surface area contributed by atoms with Gasteiger partial charge >= 0.3 is 6.09 Å². The van der Waals surface area contributed by atoms with Crippen LogP contribution in [0.25, 0.3) is 0 Å². The minimum Gasteiger partial charge on any atom is -0.408 e. The Morgan fingerprint density at radius 2 is 2.00 bits per heavy atom. The number of hydrogen-bond acceptors (Lipinski definition) is 4. The van der Waals surface area contributed by atoms with E-state index in [1.807, 2.05) is 44.2 Å². The Morgan fingerprint density at radius 1 is 1.26 bits per heavy atom. The van der Waals surface area contributed by atoms with E-state index in [2.05, 4.69) is 5.43 Å². The van der Waals surface area contributed by atoms with Gasteiger partial charge < -0.3 is 9.47 Å². The summed E-state index contributed by atoms with van der Waals surface area (Å²) in [6, 6.07) is 14.5. The molecule has 0 saturated heterocycles. The smallest absolute Gasteiger partial charge is 0.408 e. The van der Waals surface area contributed by atoms with Gasteiger partial charge in [-0.25, -0.2) is 4.79 Å². The molecule has 0 spiro atoms. The van der Waals surface area contributed by atoms with Crippen molar-refractivity contribution in [2.24, 2.45) is 0 Å². The largest absolute Gasteiger partial charge is 0.437 e. The summed E-state index contributed by atoms with van der Waals surface area (Å²) in [5.74, 6) is 0.446. The van der Waals surface area contributed by atoms with Crippen LogP contribution < -0.4 is 10.2 Å². The Morgan fingerprint density at radius 3 is 2.70 bits per heavy atom. The molecule has 0 radical (unpaired) electrons. The predicted octanol–water partition coefficient (Wildman–Crippen LogP) is 4.39. The fourth-order valence-electron chi connectivity index (χ4n) is 2.61. The van der Waals surface area contributed by atoms with Crippen LogP contribution in [-0.2, 0) is 10.5 Å². The number of hydrogen-bond donors (Lipinski definition) is 1. The van der Waals surface area contributed by atoms with Gasteiger partial charge in [0.2, 0.25) is 0 Å². The van der Waals surface area contributed by atoms with Crippen molar-refractivity contribution in [1.29, 1.82) is 0 Å². The fraction of sp³-hybridized carbons (Fsp3) is 0.235. The molecule has 1 heterocycles. The van der Waals surface area contributed by atoms with Gasteiger partial charge in [0.1, 0.15) is 5.75 Å². The molecule has 0 unspecified atom stereocenters. The van der Waals surface area contributed by atoms with Crippen molar-refractivity contribution in [3.8, 4) is 5.75 Å². The number of fused-ring (bicyclic) bond motifs is 1. The number of hydrazine groups is 1. The minimum atomic E-state index is -1.04. The van der Waals surface area contributed by atoms with Crippen molar-refractivity contribution < 1.29 is 14.3 Å². The van der Waals surface area contributed by atoms with E-state index >= 15 is 0 Å². The summed E-state index contributed by atoms with van der Waals surface area (Å²) in [6.45, 7) is 4.10. The monoisotopic (exact) mass is 332 g/mol. The molecule has 1 N–H and O–H groups in total. The lowest BCUT2D eigenvalue weighted by molar-refractivity contribution is -0.130. The van der Waals surface area contributed by atoms with Gasteiger partial charge in [-0.3, -0.25) is 5.43 Å². The third-order valence-corrected chi connectivity index (χ3v) is 3.92. The molecule has 0 fully saturated rings. The lowest BCUT2D eigenvalue weighted by Gasteiger charge is -2.43. The molecule has 0 bridgehead atoms. The normalized spacial score (nSPS) is 20.0. The molecular weight excluding hydrogens is 316 g/mol. The zero-order valence-electron chi connectivity index (χ0n) is 12.9. The van der Waals surface area contributed by atoms with Gasteiger partial charge in [0, 0.05) is 11.6 Å². The van der Waals surface area contributed by atoms with Crippen LogP contribution >= 0.6 is 11.6 Å². The molecule has 2 aromatic rings. The number of nitrogens with one attached hydrogen (secondary N) is 1. The number of halogens is 1. The van der Waals surface area contributed by atoms with Gasteiger partial charge in [-0.05, 0) is 44.2 Å². The molecule has 0 saturated carbocycles. The number of carbonyl (C=O) groups is 1. The maximum absolute atomic E-state index is 12.5. The van der Waals surface area contributed by atoms with E-state index in [-0.39, 0.29) is 0 Å². The summed E-state index contributed by atoms with van der Waals surface area (Å²) < 4.78 is 11.3. The van der Waals surface area contributed by atoms with E-state index in [1.54, 1.807) is 18.2 Å². The zero-order valence-corrected chi connectivity index (χ0v) is 13.6. The van der Waals surface area contributed by atoms with E-state index in [1.165, 1.54) is 5.01 Å². The van der Waals surface area contributed by atoms with Crippen LogP contribution in [0.2, 0.25) is 5.02 Å². The number of ether oxygens (including phenoxy) is 2. The van der Waals surface area contributed by atoms with E-state index < -0.39 is 11.8 Å². The van der Waals surface area contributed by atoms with Crippen molar-refractivity contribution in [3.05, 3.63) is 59.1 Å². The van der Waals surface area contributed by atoms with Gasteiger partial charge in [-0.2, -0.15) is 5.01 Å². The highest BCUT2D eigenvalue weighted by molar-refractivity contribution is 6.30. The maximum Gasteiger partial charge on any atom is 0.437 e. The van der Waals surface area contributed by atoms with Crippen LogP contribution in [0, 0.1) is 0 Å². The molecule has 5 nitrogen and oxygen atoms in total. The summed E-state index contributed by atoms with van der Waals surface area (Å²) in [6.07, 6.45) is -0.542. The van der Waals surface area contributed by atoms with Crippen molar-refractivity contribution in [2.45, 2.75) is 19.6 Å². The van der Waals surface area contributed by atoms with Crippen LogP contribution in [-0.4, -0.2) is 17.7 Å². The van der Waals surface area contributed by atoms with Crippen LogP contribution in [0.5, 0.6) is 5.75 Å². The molecule has 23 heavy (non-hydrogen) atoms. The highest BCUT2D eigenvalue weighted by Gasteiger charge is 2.46. The first kappa shape index (κ1) is 15.6. The fourth-order valence-corrected chi connectivity index (χ4v) is 2.78. The Bertz CT molecular complexity index is 723. The van der Waals surface area contributed by atoms with E-state index in [0.29, 0.717) is 22.9 Å². The molecule has 120 valence electrons. The highest BCUT2D eigenvalue weighted by atomic mass is 35.5. The summed E-state index contributed by atoms with van der Waals surface area (Å²) >= 11 is 6.11. The number of benzene rings is 2. The second kappa shape index (κ2) is 6.10. The molecule has 1 aliphatic rings. The number of rotatable bonds is 4. The molecule has 2 aromatic carbocycles. The number of anilines is 1. The first-order chi connectivity index (χ1) is 11.0. The molecule has 3 rings (SSSR count). The van der Waals surface area contributed by atoms with Gasteiger partial charge in [0.15, 0.2) is 5.72 Å². The Kier molecular flexibility index (Phi) is 4.15. The summed E-state index contributed by atoms with van der Waals surface area (Å²) in [5.41, 5.74) is 3.46. The van der Waals surface area contributed by atoms with Crippen molar-refractivity contribution in [2.75, 3.05) is 12.0 Å². The van der Waals surface area contributed by atoms with Gasteiger partial charge in [-0.15, -0.1) is 0 Å². The molecule has 0 aliphatic carbocycles. The van der Waals surface area contributed by atoms with Gasteiger partial charge in [0.25, 0.3) is 0 Å². The number of nitrogens with zero attached hydrogens (tertiary/aromatic N) is 1. The Balaban J connectivity index is 2.05. The standard InChI is InChI=1S/C17H17ClN2O3/c1-3-22-17(2)14-11-12(18)9-10-15(14)23-16(21)20(17)19-13-7-5-4-6-8-13/h4-11,19H,3H2,1-2H3/t17-/m0/s1. The lowest BCUT2D eigenvalue weighted by Crippen LogP contribution is -2.56. The van der Waals surface area contributed by atoms with Gasteiger partial charge in [0.05, 0.1) is 11.3 Å². The Hall–Kier alpha value is -2.24. The topological polar surface area (TPSA) is 50.8 Å². The first-order valence-electron chi connectivity index (χ1n) is 7.32. The van der Waals surface area contributed by atoms with Crippen LogP contribution in [0.1, 0.15) is 19.4 Å². The second-order valence-corrected chi connectivity index (χ2v) is 5.67. The number of carbonyl (C=O) groups excluding carboxylic acids is 1. The average molecular weight is 333 g/mol. The zero-order chi connectivity index (χ0) is 16.4. The minimum absolute atomic E-state index is 0.419. The second-order valence-electron chi connectivity index (χ2n) is 5.24. The quantitative estimate of drug-likeness (QED) is 0.902. The number of para-hydroxylation sites is 1. The third kappa shape index (κ3) is 2.85. The van der Waals surface area contributed by atoms with Crippen LogP contribution in [0.15, 0.2) is 48.5 Å². The summed E-state index contributed by atoms with van der Waals surface area (Å²) in [7, 11) is 0. The predicted molar refractivity (Wildman–Crippen MR) is 88.4 cm³/mol. The van der Waals surface area contributed by atoms with E-state index in [4.69, 9.17) is 21.1 Å². The SMILES string of the molecule is CCO[C@@]1(C)c2cc(Cl)ccc2OC(=O)N1Nc1ccccc1. The van der Waals surface area contributed by atoms with E-state index in [9.17, 15) is 4.79 Å². The third-order valence-electron chi connectivity index (χ3n) is 3.69. The Labute approximate surface area is 139 Å². The van der Waals surface area contributed by atoms with Gasteiger partial charge in [-0.1, -0.05) is 29.8 Å². The van der Waals surface area contributed by atoms with E-state index in [0.717, 1.165) is 5.69 Å². The number of amides is 1. The highest BCUT2D eigenvalue weighted by Crippen LogP contribution is 2.41. The molecule has 0 aromatic heterocycles. The van der Waals surface area contributed by atoms with Crippen LogP contribution in [0.4, 0.5) is 10.5 Å². The summed E-state index contributed by atoms with van der Waals surface area (Å²) in [4.78, 5) is 12.5. The average Bonchev–Trinajstić information content (AvgIpc) is 2.54. The molecule has 1 amide bonds.